The number of aromatic nitrogens is 2. The van der Waals surface area contributed by atoms with Crippen molar-refractivity contribution in [2.75, 3.05) is 11.6 Å². The van der Waals surface area contributed by atoms with Gasteiger partial charge in [-0.3, -0.25) is 13.7 Å². The van der Waals surface area contributed by atoms with Crippen LogP contribution >= 0.6 is 0 Å². The average molecular weight is 377 g/mol. The first-order chi connectivity index (χ1) is 12.2. The maximum Gasteiger partial charge on any atom is 0.338 e. The van der Waals surface area contributed by atoms with Gasteiger partial charge in [-0.25, -0.2) is 4.79 Å². The summed E-state index contributed by atoms with van der Waals surface area (Å²) in [5, 5.41) is 6.99. The topological polar surface area (TPSA) is 90.3 Å². The average Bonchev–Trinajstić information content (AvgIpc) is 2.80. The molecule has 0 spiro atoms. The van der Waals surface area contributed by atoms with Crippen LogP contribution in [0.5, 0.6) is 0 Å². The van der Waals surface area contributed by atoms with Gasteiger partial charge in [-0.05, 0) is 38.5 Å². The summed E-state index contributed by atoms with van der Waals surface area (Å²) >= 11 is 0. The van der Waals surface area contributed by atoms with Crippen LogP contribution in [0.1, 0.15) is 34.2 Å². The van der Waals surface area contributed by atoms with E-state index in [4.69, 9.17) is 4.74 Å². The van der Waals surface area contributed by atoms with E-state index in [1.165, 1.54) is 6.92 Å². The molecule has 0 saturated heterocycles. The summed E-state index contributed by atoms with van der Waals surface area (Å²) in [6.07, 6.45) is 0.630. The highest BCUT2D eigenvalue weighted by molar-refractivity contribution is 7.83. The fourth-order valence-electron chi connectivity index (χ4n) is 2.48. The Morgan fingerprint density at radius 2 is 2.04 bits per heavy atom. The summed E-state index contributed by atoms with van der Waals surface area (Å²) in [6.45, 7) is 5.15. The van der Waals surface area contributed by atoms with Crippen molar-refractivity contribution < 1.29 is 18.5 Å². The van der Waals surface area contributed by atoms with Crippen molar-refractivity contribution in [2.24, 2.45) is 7.05 Å². The molecular formula is C18H23N3O4S. The summed E-state index contributed by atoms with van der Waals surface area (Å²) in [5.74, 6) is -0.670. The van der Waals surface area contributed by atoms with E-state index < -0.39 is 28.8 Å². The molecule has 26 heavy (non-hydrogen) atoms. The molecule has 1 N–H and O–H groups in total. The van der Waals surface area contributed by atoms with E-state index in [1.807, 2.05) is 6.92 Å². The molecule has 0 fully saturated rings. The van der Waals surface area contributed by atoms with Gasteiger partial charge in [-0.2, -0.15) is 5.10 Å². The number of hydrogen-bond donors (Lipinski definition) is 1. The van der Waals surface area contributed by atoms with Crippen molar-refractivity contribution in [2.45, 2.75) is 32.6 Å². The molecule has 0 aliphatic heterocycles. The molecule has 1 amide bonds. The number of ether oxygens (including phenoxy) is 1. The van der Waals surface area contributed by atoms with E-state index >= 15 is 0 Å². The SMILES string of the molecule is Cc1nn(C)c(C)c1NC(=O)[C@H](C)OC(=O)c1cccc(C[S@](C)=O)c1. The summed E-state index contributed by atoms with van der Waals surface area (Å²) in [6, 6.07) is 6.72. The van der Waals surface area contributed by atoms with Crippen LogP contribution in [0.25, 0.3) is 0 Å². The number of esters is 1. The van der Waals surface area contributed by atoms with E-state index in [9.17, 15) is 13.8 Å². The van der Waals surface area contributed by atoms with Crippen molar-refractivity contribution in [1.29, 1.82) is 0 Å². The van der Waals surface area contributed by atoms with E-state index in [-0.39, 0.29) is 0 Å². The highest BCUT2D eigenvalue weighted by Gasteiger charge is 2.21. The zero-order valence-electron chi connectivity index (χ0n) is 15.5. The highest BCUT2D eigenvalue weighted by atomic mass is 32.2. The van der Waals surface area contributed by atoms with Crippen LogP contribution in [0.2, 0.25) is 0 Å². The molecule has 2 aromatic rings. The standard InChI is InChI=1S/C18H23N3O4S/c1-11-16(12(2)21(4)20-11)19-17(22)13(3)25-18(23)15-8-6-7-14(9-15)10-26(5)24/h6-9,13H,10H2,1-5H3,(H,19,22)/t13-,26-/m0/s1. The molecule has 1 aromatic heterocycles. The number of nitrogens with one attached hydrogen (secondary N) is 1. The lowest BCUT2D eigenvalue weighted by Gasteiger charge is -2.14. The smallest absolute Gasteiger partial charge is 0.338 e. The lowest BCUT2D eigenvalue weighted by molar-refractivity contribution is -0.123. The van der Waals surface area contributed by atoms with E-state index in [2.05, 4.69) is 10.4 Å². The van der Waals surface area contributed by atoms with Crippen LogP contribution in [-0.2, 0) is 33.1 Å². The van der Waals surface area contributed by atoms with Crippen LogP contribution in [0, 0.1) is 13.8 Å². The van der Waals surface area contributed by atoms with Crippen LogP contribution in [0.3, 0.4) is 0 Å². The largest absolute Gasteiger partial charge is 0.449 e. The van der Waals surface area contributed by atoms with Gasteiger partial charge in [0.15, 0.2) is 6.10 Å². The number of rotatable bonds is 6. The molecule has 0 aliphatic rings. The van der Waals surface area contributed by atoms with Crippen LogP contribution in [0.15, 0.2) is 24.3 Å². The van der Waals surface area contributed by atoms with Crippen molar-refractivity contribution in [1.82, 2.24) is 9.78 Å². The molecule has 2 atom stereocenters. The minimum Gasteiger partial charge on any atom is -0.449 e. The Bertz CT molecular complexity index is 860. The Morgan fingerprint density at radius 3 is 2.62 bits per heavy atom. The lowest BCUT2D eigenvalue weighted by Crippen LogP contribution is -2.30. The summed E-state index contributed by atoms with van der Waals surface area (Å²) in [7, 11) is 0.784. The zero-order chi connectivity index (χ0) is 19.4. The highest BCUT2D eigenvalue weighted by Crippen LogP contribution is 2.19. The number of carbonyl (C=O) groups excluding carboxylic acids is 2. The molecule has 0 radical (unpaired) electrons. The van der Waals surface area contributed by atoms with Crippen molar-refractivity contribution >= 4 is 28.4 Å². The van der Waals surface area contributed by atoms with Crippen molar-refractivity contribution in [3.63, 3.8) is 0 Å². The third kappa shape index (κ3) is 4.78. The number of benzene rings is 1. The second-order valence-electron chi connectivity index (χ2n) is 6.12. The van der Waals surface area contributed by atoms with Gasteiger partial charge >= 0.3 is 5.97 Å². The van der Waals surface area contributed by atoms with Gasteiger partial charge in [0.25, 0.3) is 5.91 Å². The third-order valence-corrected chi connectivity index (χ3v) is 4.68. The Hall–Kier alpha value is -2.48. The van der Waals surface area contributed by atoms with Crippen molar-refractivity contribution in [3.8, 4) is 0 Å². The zero-order valence-corrected chi connectivity index (χ0v) is 16.3. The van der Waals surface area contributed by atoms with Crippen LogP contribution < -0.4 is 5.32 Å². The second-order valence-corrected chi connectivity index (χ2v) is 7.56. The summed E-state index contributed by atoms with van der Waals surface area (Å²) < 4.78 is 18.3. The van der Waals surface area contributed by atoms with E-state index in [1.54, 1.807) is 49.2 Å². The fraction of sp³-hybridized carbons (Fsp3) is 0.389. The third-order valence-electron chi connectivity index (χ3n) is 3.94. The predicted octanol–water partition coefficient (Wildman–Crippen LogP) is 2.10. The molecule has 7 nitrogen and oxygen atoms in total. The maximum atomic E-state index is 12.3. The fourth-order valence-corrected chi connectivity index (χ4v) is 3.13. The molecule has 1 heterocycles. The quantitative estimate of drug-likeness (QED) is 0.779. The number of carbonyl (C=O) groups is 2. The van der Waals surface area contributed by atoms with Gasteiger partial charge in [0.05, 0.1) is 22.6 Å². The normalized spacial score (nSPS) is 13.1. The van der Waals surface area contributed by atoms with Crippen LogP contribution in [-0.4, -0.2) is 38.2 Å². The lowest BCUT2D eigenvalue weighted by atomic mass is 10.1. The molecule has 140 valence electrons. The summed E-state index contributed by atoms with van der Waals surface area (Å²) in [4.78, 5) is 24.6. The minimum absolute atomic E-state index is 0.321. The molecular weight excluding hydrogens is 354 g/mol. The summed E-state index contributed by atoms with van der Waals surface area (Å²) in [5.41, 5.74) is 3.22. The molecule has 0 bridgehead atoms. The maximum absolute atomic E-state index is 12.3. The Kier molecular flexibility index (Phi) is 6.31. The minimum atomic E-state index is -1.01. The van der Waals surface area contributed by atoms with Gasteiger partial charge in [0.2, 0.25) is 0 Å². The van der Waals surface area contributed by atoms with E-state index in [0.29, 0.717) is 22.7 Å². The van der Waals surface area contributed by atoms with Crippen molar-refractivity contribution in [3.05, 3.63) is 46.8 Å². The van der Waals surface area contributed by atoms with Crippen LogP contribution in [0.4, 0.5) is 5.69 Å². The van der Waals surface area contributed by atoms with Gasteiger partial charge in [-0.15, -0.1) is 0 Å². The van der Waals surface area contributed by atoms with Gasteiger partial charge in [-0.1, -0.05) is 12.1 Å². The molecule has 0 aliphatic carbocycles. The molecule has 1 aromatic carbocycles. The number of nitrogens with zero attached hydrogens (tertiary/aromatic N) is 2. The first-order valence-corrected chi connectivity index (χ1v) is 9.82. The Balaban J connectivity index is 2.04. The number of amides is 1. The van der Waals surface area contributed by atoms with Gasteiger partial charge < -0.3 is 10.1 Å². The Labute approximate surface area is 155 Å². The van der Waals surface area contributed by atoms with E-state index in [0.717, 1.165) is 11.3 Å². The second kappa shape index (κ2) is 8.27. The number of anilines is 1. The first-order valence-electron chi connectivity index (χ1n) is 8.10. The number of hydrogen-bond acceptors (Lipinski definition) is 5. The molecule has 0 unspecified atom stereocenters. The van der Waals surface area contributed by atoms with Gasteiger partial charge in [0, 0.05) is 29.9 Å². The predicted molar refractivity (Wildman–Crippen MR) is 100 cm³/mol. The molecule has 0 saturated carbocycles. The number of aryl methyl sites for hydroxylation is 2. The monoisotopic (exact) mass is 377 g/mol. The van der Waals surface area contributed by atoms with Gasteiger partial charge in [0.1, 0.15) is 0 Å². The molecule has 8 heteroatoms. The first kappa shape index (κ1) is 19.8. The Morgan fingerprint density at radius 1 is 1.35 bits per heavy atom. The molecule has 2 rings (SSSR count).